The topological polar surface area (TPSA) is 102 Å². The zero-order valence-corrected chi connectivity index (χ0v) is 11.6. The van der Waals surface area contributed by atoms with Crippen LogP contribution in [0.2, 0.25) is 0 Å². The highest BCUT2D eigenvalue weighted by atomic mass is 16.2. The Kier molecular flexibility index (Phi) is 4.68. The first kappa shape index (κ1) is 14.7. The molecule has 7 nitrogen and oxygen atoms in total. The van der Waals surface area contributed by atoms with E-state index in [1.54, 1.807) is 16.9 Å². The van der Waals surface area contributed by atoms with Crippen LogP contribution >= 0.6 is 0 Å². The molecule has 7 heteroatoms. The van der Waals surface area contributed by atoms with Gasteiger partial charge in [-0.25, -0.2) is 5.84 Å². The van der Waals surface area contributed by atoms with Gasteiger partial charge < -0.3 is 5.32 Å². The largest absolute Gasteiger partial charge is 0.354 e. The number of rotatable bonds is 5. The molecule has 0 aliphatic rings. The van der Waals surface area contributed by atoms with Gasteiger partial charge in [0.15, 0.2) is 0 Å². The molecular weight excluding hydrogens is 270 g/mol. The molecule has 0 aliphatic carbocycles. The Morgan fingerprint density at radius 3 is 2.62 bits per heavy atom. The minimum atomic E-state index is -0.478. The molecule has 0 spiro atoms. The number of carbonyl (C=O) groups excluding carboxylic acids is 2. The van der Waals surface area contributed by atoms with Crippen molar-refractivity contribution in [2.24, 2.45) is 5.84 Å². The van der Waals surface area contributed by atoms with E-state index in [1.807, 2.05) is 30.3 Å². The predicted octanol–water partition coefficient (Wildman–Crippen LogP) is 0.0164. The minimum absolute atomic E-state index is 0.270. The van der Waals surface area contributed by atoms with Crippen molar-refractivity contribution in [3.63, 3.8) is 0 Å². The fraction of sp³-hybridized carbons (Fsp3) is 0.214. The third kappa shape index (κ3) is 3.46. The molecule has 0 fully saturated rings. The summed E-state index contributed by atoms with van der Waals surface area (Å²) in [5.41, 5.74) is 3.30. The zero-order chi connectivity index (χ0) is 15.2. The van der Waals surface area contributed by atoms with Crippen molar-refractivity contribution in [3.05, 3.63) is 53.9 Å². The van der Waals surface area contributed by atoms with Crippen LogP contribution in [0.5, 0.6) is 0 Å². The van der Waals surface area contributed by atoms with Gasteiger partial charge in [-0.2, -0.15) is 5.10 Å². The number of hydrogen-bond donors (Lipinski definition) is 3. The lowest BCUT2D eigenvalue weighted by Crippen LogP contribution is -2.36. The average molecular weight is 287 g/mol. The molecule has 1 unspecified atom stereocenters. The smallest absolute Gasteiger partial charge is 0.271 e. The summed E-state index contributed by atoms with van der Waals surface area (Å²) in [6.07, 6.45) is 1.66. The monoisotopic (exact) mass is 287 g/mol. The molecule has 1 aromatic heterocycles. The lowest BCUT2D eigenvalue weighted by atomic mass is 9.98. The second kappa shape index (κ2) is 6.67. The minimum Gasteiger partial charge on any atom is -0.354 e. The van der Waals surface area contributed by atoms with Gasteiger partial charge >= 0.3 is 0 Å². The summed E-state index contributed by atoms with van der Waals surface area (Å²) in [6.45, 7) is 0.296. The molecule has 2 amide bonds. The highest BCUT2D eigenvalue weighted by molar-refractivity contribution is 5.91. The summed E-state index contributed by atoms with van der Waals surface area (Å²) in [6, 6.07) is 10.9. The number of aromatic nitrogens is 2. The Balaban J connectivity index is 2.22. The van der Waals surface area contributed by atoms with Gasteiger partial charge in [-0.15, -0.1) is 0 Å². The van der Waals surface area contributed by atoms with Gasteiger partial charge in [0.1, 0.15) is 5.69 Å². The Morgan fingerprint density at radius 2 is 2.00 bits per heavy atom. The number of carbonyl (C=O) groups is 2. The molecule has 0 bridgehead atoms. The normalized spacial score (nSPS) is 11.7. The van der Waals surface area contributed by atoms with Crippen LogP contribution in [0, 0.1) is 0 Å². The van der Waals surface area contributed by atoms with Crippen molar-refractivity contribution >= 4 is 11.8 Å². The van der Waals surface area contributed by atoms with Crippen molar-refractivity contribution in [2.45, 2.75) is 12.5 Å². The molecule has 2 rings (SSSR count). The van der Waals surface area contributed by atoms with E-state index in [4.69, 9.17) is 5.84 Å². The van der Waals surface area contributed by atoms with Crippen molar-refractivity contribution in [1.82, 2.24) is 20.5 Å². The van der Waals surface area contributed by atoms with Crippen LogP contribution in [0.15, 0.2) is 42.6 Å². The Bertz CT molecular complexity index is 623. The van der Waals surface area contributed by atoms with Crippen molar-refractivity contribution in [1.29, 1.82) is 0 Å². The average Bonchev–Trinajstić information content (AvgIpc) is 3.00. The van der Waals surface area contributed by atoms with Crippen molar-refractivity contribution in [2.75, 3.05) is 7.05 Å². The van der Waals surface area contributed by atoms with E-state index in [9.17, 15) is 9.59 Å². The Hall–Kier alpha value is -2.67. The van der Waals surface area contributed by atoms with E-state index in [1.165, 1.54) is 7.05 Å². The maximum Gasteiger partial charge on any atom is 0.271 e. The third-order valence-corrected chi connectivity index (χ3v) is 3.13. The number of benzene rings is 1. The molecule has 1 heterocycles. The highest BCUT2D eigenvalue weighted by Crippen LogP contribution is 2.17. The lowest BCUT2D eigenvalue weighted by Gasteiger charge is -2.15. The number of nitrogens with one attached hydrogen (secondary N) is 2. The van der Waals surface area contributed by atoms with E-state index >= 15 is 0 Å². The summed E-state index contributed by atoms with van der Waals surface area (Å²) in [5.74, 6) is 4.19. The fourth-order valence-electron chi connectivity index (χ4n) is 2.03. The number of hydrogen-bond acceptors (Lipinski definition) is 4. The molecule has 21 heavy (non-hydrogen) atoms. The van der Waals surface area contributed by atoms with Crippen LogP contribution in [0.4, 0.5) is 0 Å². The maximum atomic E-state index is 12.0. The van der Waals surface area contributed by atoms with E-state index in [0.29, 0.717) is 12.2 Å². The number of amides is 2. The van der Waals surface area contributed by atoms with E-state index in [0.717, 1.165) is 5.56 Å². The van der Waals surface area contributed by atoms with E-state index < -0.39 is 5.92 Å². The second-order valence-electron chi connectivity index (χ2n) is 4.47. The molecule has 1 aromatic carbocycles. The van der Waals surface area contributed by atoms with Gasteiger partial charge in [0.25, 0.3) is 5.91 Å². The summed E-state index contributed by atoms with van der Waals surface area (Å²) in [5, 5.41) is 6.65. The van der Waals surface area contributed by atoms with Crippen LogP contribution in [0.25, 0.3) is 0 Å². The first-order valence-electron chi connectivity index (χ1n) is 6.46. The third-order valence-electron chi connectivity index (χ3n) is 3.13. The summed E-state index contributed by atoms with van der Waals surface area (Å²) >= 11 is 0. The van der Waals surface area contributed by atoms with Crippen molar-refractivity contribution < 1.29 is 9.59 Å². The van der Waals surface area contributed by atoms with Crippen LogP contribution < -0.4 is 16.6 Å². The SMILES string of the molecule is CNC(=O)c1ccn(CC(C(=O)NN)c2ccccc2)n1. The number of hydrazine groups is 1. The van der Waals surface area contributed by atoms with Crippen LogP contribution in [-0.2, 0) is 11.3 Å². The quantitative estimate of drug-likeness (QED) is 0.410. The number of nitrogens with zero attached hydrogens (tertiary/aromatic N) is 2. The molecule has 0 saturated heterocycles. The molecule has 110 valence electrons. The van der Waals surface area contributed by atoms with Gasteiger partial charge in [0.05, 0.1) is 12.5 Å². The number of nitrogens with two attached hydrogens (primary N) is 1. The van der Waals surface area contributed by atoms with E-state index in [2.05, 4.69) is 15.8 Å². The standard InChI is InChI=1S/C14H17N5O2/c1-16-14(21)12-7-8-19(18-12)9-11(13(20)17-15)10-5-3-2-4-6-10/h2-8,11H,9,15H2,1H3,(H,16,21)(H,17,20). The van der Waals surface area contributed by atoms with Crippen LogP contribution in [0.1, 0.15) is 22.0 Å². The first-order valence-corrected chi connectivity index (χ1v) is 6.46. The molecular formula is C14H17N5O2. The molecule has 1 atom stereocenters. The molecule has 4 N–H and O–H groups in total. The maximum absolute atomic E-state index is 12.0. The summed E-state index contributed by atoms with van der Waals surface area (Å²) in [4.78, 5) is 23.4. The van der Waals surface area contributed by atoms with Crippen molar-refractivity contribution in [3.8, 4) is 0 Å². The highest BCUT2D eigenvalue weighted by Gasteiger charge is 2.21. The van der Waals surface area contributed by atoms with Crippen LogP contribution in [0.3, 0.4) is 0 Å². The summed E-state index contributed by atoms with van der Waals surface area (Å²) in [7, 11) is 1.54. The Labute approximate surface area is 122 Å². The molecule has 0 radical (unpaired) electrons. The van der Waals surface area contributed by atoms with Crippen LogP contribution in [-0.4, -0.2) is 28.6 Å². The molecule has 0 aliphatic heterocycles. The van der Waals surface area contributed by atoms with E-state index in [-0.39, 0.29) is 11.8 Å². The lowest BCUT2D eigenvalue weighted by molar-refractivity contribution is -0.123. The van der Waals surface area contributed by atoms with Gasteiger partial charge in [-0.1, -0.05) is 30.3 Å². The predicted molar refractivity (Wildman–Crippen MR) is 77.1 cm³/mol. The molecule has 2 aromatic rings. The Morgan fingerprint density at radius 1 is 1.29 bits per heavy atom. The first-order chi connectivity index (χ1) is 10.2. The fourth-order valence-corrected chi connectivity index (χ4v) is 2.03. The summed E-state index contributed by atoms with van der Waals surface area (Å²) < 4.78 is 1.55. The van der Waals surface area contributed by atoms with Gasteiger partial charge in [-0.05, 0) is 11.6 Å². The second-order valence-corrected chi connectivity index (χ2v) is 4.47. The van der Waals surface area contributed by atoms with Gasteiger partial charge in [-0.3, -0.25) is 19.7 Å². The molecule has 0 saturated carbocycles. The zero-order valence-electron chi connectivity index (χ0n) is 11.6. The van der Waals surface area contributed by atoms with Gasteiger partial charge in [0, 0.05) is 13.2 Å². The van der Waals surface area contributed by atoms with Gasteiger partial charge in [0.2, 0.25) is 5.91 Å².